The van der Waals surface area contributed by atoms with Crippen molar-refractivity contribution < 1.29 is 14.3 Å². The van der Waals surface area contributed by atoms with Crippen LogP contribution in [0.25, 0.3) is 10.6 Å². The number of urea groups is 1. The third-order valence-corrected chi connectivity index (χ3v) is 4.57. The summed E-state index contributed by atoms with van der Waals surface area (Å²) < 4.78 is 10.4. The van der Waals surface area contributed by atoms with E-state index >= 15 is 0 Å². The Morgan fingerprint density at radius 3 is 2.54 bits per heavy atom. The van der Waals surface area contributed by atoms with Crippen LogP contribution in [0.5, 0.6) is 11.5 Å². The van der Waals surface area contributed by atoms with Gasteiger partial charge in [0.15, 0.2) is 0 Å². The van der Waals surface area contributed by atoms with Crippen LogP contribution in [0.15, 0.2) is 54.0 Å². The lowest BCUT2D eigenvalue weighted by Gasteiger charge is -2.12. The molecule has 26 heavy (non-hydrogen) atoms. The molecule has 2 N–H and O–H groups in total. The Morgan fingerprint density at radius 2 is 1.88 bits per heavy atom. The van der Waals surface area contributed by atoms with E-state index in [1.165, 1.54) is 0 Å². The molecule has 0 bridgehead atoms. The van der Waals surface area contributed by atoms with Gasteiger partial charge >= 0.3 is 6.03 Å². The summed E-state index contributed by atoms with van der Waals surface area (Å²) in [7, 11) is 3.13. The van der Waals surface area contributed by atoms with Crippen LogP contribution in [-0.4, -0.2) is 25.2 Å². The molecule has 1 aromatic carbocycles. The number of hydrogen-bond acceptors (Lipinski definition) is 5. The quantitative estimate of drug-likeness (QED) is 0.685. The van der Waals surface area contributed by atoms with Crippen molar-refractivity contribution in [3.8, 4) is 22.1 Å². The van der Waals surface area contributed by atoms with E-state index in [0.717, 1.165) is 16.1 Å². The monoisotopic (exact) mass is 369 g/mol. The van der Waals surface area contributed by atoms with Crippen LogP contribution in [0.2, 0.25) is 0 Å². The number of aromatic nitrogens is 1. The second-order valence-electron chi connectivity index (χ2n) is 5.40. The number of benzene rings is 1. The molecular formula is C19H19N3O3S. The lowest BCUT2D eigenvalue weighted by molar-refractivity contribution is 0.251. The highest BCUT2D eigenvalue weighted by Crippen LogP contribution is 2.27. The number of methoxy groups -OCH3 is 2. The first-order valence-electron chi connectivity index (χ1n) is 7.95. The Balaban J connectivity index is 1.67. The summed E-state index contributed by atoms with van der Waals surface area (Å²) >= 11 is 1.62. The van der Waals surface area contributed by atoms with Gasteiger partial charge in [0.25, 0.3) is 0 Å². The maximum atomic E-state index is 12.3. The number of hydrogen-bond donors (Lipinski definition) is 2. The number of carbonyl (C=O) groups excluding carboxylic acids is 1. The average Bonchev–Trinajstić information content (AvgIpc) is 3.20. The van der Waals surface area contributed by atoms with E-state index in [0.29, 0.717) is 23.7 Å². The van der Waals surface area contributed by atoms with Crippen LogP contribution in [0, 0.1) is 0 Å². The van der Waals surface area contributed by atoms with Crippen LogP contribution in [0.1, 0.15) is 5.56 Å². The van der Waals surface area contributed by atoms with E-state index in [1.807, 2.05) is 29.6 Å². The minimum atomic E-state index is -0.318. The molecule has 2 heterocycles. The topological polar surface area (TPSA) is 72.5 Å². The summed E-state index contributed by atoms with van der Waals surface area (Å²) in [4.78, 5) is 17.8. The van der Waals surface area contributed by atoms with Gasteiger partial charge < -0.3 is 20.1 Å². The number of nitrogens with one attached hydrogen (secondary N) is 2. The van der Waals surface area contributed by atoms with Gasteiger partial charge in [-0.3, -0.25) is 4.98 Å². The standard InChI is InChI=1S/C19H19N3O3S/c1-24-15-9-14(10-16(11-15)25-2)22-19(23)21-12-13-5-3-7-20-18(13)17-6-4-8-26-17/h3-11H,12H2,1-2H3,(H2,21,22,23). The number of anilines is 1. The normalized spacial score (nSPS) is 10.2. The second kappa shape index (κ2) is 8.35. The van der Waals surface area contributed by atoms with Gasteiger partial charge in [0.05, 0.1) is 24.8 Å². The highest BCUT2D eigenvalue weighted by atomic mass is 32.1. The molecule has 0 saturated carbocycles. The number of amides is 2. The molecule has 6 nitrogen and oxygen atoms in total. The molecule has 0 saturated heterocycles. The van der Waals surface area contributed by atoms with Crippen molar-refractivity contribution in [1.29, 1.82) is 0 Å². The fourth-order valence-corrected chi connectivity index (χ4v) is 3.20. The molecule has 0 spiro atoms. The summed E-state index contributed by atoms with van der Waals surface area (Å²) in [6.45, 7) is 0.369. The summed E-state index contributed by atoms with van der Waals surface area (Å²) in [5.41, 5.74) is 2.42. The SMILES string of the molecule is COc1cc(NC(=O)NCc2cccnc2-c2cccs2)cc(OC)c1. The lowest BCUT2D eigenvalue weighted by Crippen LogP contribution is -2.28. The number of thiophene rings is 1. The lowest BCUT2D eigenvalue weighted by atomic mass is 10.1. The maximum Gasteiger partial charge on any atom is 0.319 e. The first kappa shape index (κ1) is 17.8. The Morgan fingerprint density at radius 1 is 1.12 bits per heavy atom. The van der Waals surface area contributed by atoms with Gasteiger partial charge in [-0.1, -0.05) is 12.1 Å². The van der Waals surface area contributed by atoms with Crippen molar-refractivity contribution in [2.24, 2.45) is 0 Å². The zero-order valence-electron chi connectivity index (χ0n) is 14.5. The largest absolute Gasteiger partial charge is 0.497 e. The summed E-state index contributed by atoms with van der Waals surface area (Å²) in [5.74, 6) is 1.21. The third kappa shape index (κ3) is 4.31. The van der Waals surface area contributed by atoms with Crippen LogP contribution in [-0.2, 0) is 6.54 Å². The molecule has 134 valence electrons. The van der Waals surface area contributed by atoms with Crippen LogP contribution in [0.3, 0.4) is 0 Å². The van der Waals surface area contributed by atoms with E-state index in [9.17, 15) is 4.79 Å². The van der Waals surface area contributed by atoms with Crippen molar-refractivity contribution in [2.45, 2.75) is 6.54 Å². The van der Waals surface area contributed by atoms with Crippen LogP contribution in [0.4, 0.5) is 10.5 Å². The van der Waals surface area contributed by atoms with Crippen molar-refractivity contribution >= 4 is 23.1 Å². The molecule has 0 atom stereocenters. The zero-order chi connectivity index (χ0) is 18.4. The highest BCUT2D eigenvalue weighted by molar-refractivity contribution is 7.13. The maximum absolute atomic E-state index is 12.3. The smallest absolute Gasteiger partial charge is 0.319 e. The second-order valence-corrected chi connectivity index (χ2v) is 6.35. The number of carbonyl (C=O) groups is 1. The number of ether oxygens (including phenoxy) is 2. The zero-order valence-corrected chi connectivity index (χ0v) is 15.3. The van der Waals surface area contributed by atoms with Crippen LogP contribution < -0.4 is 20.1 Å². The van der Waals surface area contributed by atoms with E-state index in [-0.39, 0.29) is 6.03 Å². The Hall–Kier alpha value is -3.06. The molecule has 7 heteroatoms. The highest BCUT2D eigenvalue weighted by Gasteiger charge is 2.10. The molecule has 0 aliphatic heterocycles. The Bertz CT molecular complexity index is 859. The van der Waals surface area contributed by atoms with Crippen molar-refractivity contribution in [1.82, 2.24) is 10.3 Å². The van der Waals surface area contributed by atoms with E-state index in [1.54, 1.807) is 50.0 Å². The molecule has 0 aliphatic carbocycles. The van der Waals surface area contributed by atoms with Crippen molar-refractivity contribution in [2.75, 3.05) is 19.5 Å². The summed E-state index contributed by atoms with van der Waals surface area (Å²) in [6.07, 6.45) is 1.75. The van der Waals surface area contributed by atoms with Gasteiger partial charge in [0.2, 0.25) is 0 Å². The first-order valence-corrected chi connectivity index (χ1v) is 8.83. The van der Waals surface area contributed by atoms with Gasteiger partial charge in [-0.25, -0.2) is 4.79 Å². The van der Waals surface area contributed by atoms with Gasteiger partial charge in [0, 0.05) is 36.6 Å². The molecule has 3 aromatic rings. The van der Waals surface area contributed by atoms with E-state index < -0.39 is 0 Å². The Kier molecular flexibility index (Phi) is 5.70. The Labute approximate surface area is 155 Å². The van der Waals surface area contributed by atoms with Gasteiger partial charge in [-0.2, -0.15) is 0 Å². The van der Waals surface area contributed by atoms with Crippen molar-refractivity contribution in [3.63, 3.8) is 0 Å². The predicted octanol–water partition coefficient (Wildman–Crippen LogP) is 4.15. The molecule has 0 fully saturated rings. The minimum Gasteiger partial charge on any atom is -0.497 e. The van der Waals surface area contributed by atoms with E-state index in [2.05, 4.69) is 15.6 Å². The van der Waals surface area contributed by atoms with Gasteiger partial charge in [0.1, 0.15) is 11.5 Å². The van der Waals surface area contributed by atoms with Crippen molar-refractivity contribution in [3.05, 3.63) is 59.6 Å². The summed E-state index contributed by atoms with van der Waals surface area (Å²) in [6, 6.07) is 12.7. The molecule has 2 aromatic heterocycles. The number of rotatable bonds is 6. The van der Waals surface area contributed by atoms with Crippen LogP contribution >= 0.6 is 11.3 Å². The first-order chi connectivity index (χ1) is 12.7. The van der Waals surface area contributed by atoms with E-state index in [4.69, 9.17) is 9.47 Å². The summed E-state index contributed by atoms with van der Waals surface area (Å²) in [5, 5.41) is 7.65. The fourth-order valence-electron chi connectivity index (χ4n) is 2.45. The molecule has 0 radical (unpaired) electrons. The fraction of sp³-hybridized carbons (Fsp3) is 0.158. The number of pyridine rings is 1. The van der Waals surface area contributed by atoms with Gasteiger partial charge in [-0.05, 0) is 23.1 Å². The molecule has 3 rings (SSSR count). The molecular weight excluding hydrogens is 350 g/mol. The molecule has 0 aliphatic rings. The number of nitrogens with zero attached hydrogens (tertiary/aromatic N) is 1. The predicted molar refractivity (Wildman–Crippen MR) is 103 cm³/mol. The molecule has 0 unspecified atom stereocenters. The third-order valence-electron chi connectivity index (χ3n) is 3.69. The minimum absolute atomic E-state index is 0.318. The molecule has 2 amide bonds. The van der Waals surface area contributed by atoms with Gasteiger partial charge in [-0.15, -0.1) is 11.3 Å². The average molecular weight is 369 g/mol.